The van der Waals surface area contributed by atoms with E-state index in [0.717, 1.165) is 24.7 Å². The van der Waals surface area contributed by atoms with Gasteiger partial charge in [0.25, 0.3) is 0 Å². The second-order valence-electron chi connectivity index (χ2n) is 4.46. The van der Waals surface area contributed by atoms with Crippen LogP contribution in [-0.2, 0) is 6.42 Å². The van der Waals surface area contributed by atoms with Crippen molar-refractivity contribution >= 4 is 5.78 Å². The minimum Gasteiger partial charge on any atom is -0.316 e. The highest BCUT2D eigenvalue weighted by Crippen LogP contribution is 2.16. The van der Waals surface area contributed by atoms with Gasteiger partial charge in [-0.25, -0.2) is 9.97 Å². The topological polar surface area (TPSA) is 42.2 Å². The normalized spacial score (nSPS) is 21.4. The summed E-state index contributed by atoms with van der Waals surface area (Å²) in [4.78, 5) is 8.55. The van der Waals surface area contributed by atoms with Gasteiger partial charge in [-0.05, 0) is 44.3 Å². The summed E-state index contributed by atoms with van der Waals surface area (Å²) in [7, 11) is 0. The van der Waals surface area contributed by atoms with Crippen molar-refractivity contribution in [1.82, 2.24) is 19.7 Å². The van der Waals surface area contributed by atoms with E-state index in [1.807, 2.05) is 18.5 Å². The Balaban J connectivity index is 1.83. The molecule has 1 aliphatic rings. The Morgan fingerprint density at radius 1 is 1.44 bits per heavy atom. The largest absolute Gasteiger partial charge is 0.316 e. The lowest BCUT2D eigenvalue weighted by Crippen LogP contribution is -2.31. The van der Waals surface area contributed by atoms with Crippen molar-refractivity contribution in [2.75, 3.05) is 13.1 Å². The molecular formula is C12H16N4. The number of imidazole rings is 1. The fourth-order valence-corrected chi connectivity index (χ4v) is 2.42. The van der Waals surface area contributed by atoms with E-state index in [4.69, 9.17) is 0 Å². The molecule has 2 aromatic heterocycles. The molecule has 16 heavy (non-hydrogen) atoms. The van der Waals surface area contributed by atoms with Gasteiger partial charge < -0.3 is 5.32 Å². The van der Waals surface area contributed by atoms with Gasteiger partial charge in [0, 0.05) is 18.1 Å². The smallest absolute Gasteiger partial charge is 0.233 e. The molecule has 0 bridgehead atoms. The number of hydrogen-bond donors (Lipinski definition) is 1. The maximum absolute atomic E-state index is 4.32. The van der Waals surface area contributed by atoms with Crippen LogP contribution in [0.25, 0.3) is 5.78 Å². The molecule has 0 aliphatic carbocycles. The third kappa shape index (κ3) is 1.80. The highest BCUT2D eigenvalue weighted by molar-refractivity contribution is 5.30. The van der Waals surface area contributed by atoms with Gasteiger partial charge in [-0.2, -0.15) is 0 Å². The standard InChI is InChI=1S/C12H16N4/c1-3-10(8-13-4-1)7-11-9-15-12-14-5-2-6-16(11)12/h2,5-6,9-10,13H,1,3-4,7-8H2. The first kappa shape index (κ1) is 9.78. The summed E-state index contributed by atoms with van der Waals surface area (Å²) in [6.45, 7) is 2.30. The van der Waals surface area contributed by atoms with Gasteiger partial charge in [0.05, 0.1) is 6.20 Å². The number of nitrogens with zero attached hydrogens (tertiary/aromatic N) is 3. The van der Waals surface area contributed by atoms with Gasteiger partial charge in [-0.3, -0.25) is 4.40 Å². The van der Waals surface area contributed by atoms with E-state index >= 15 is 0 Å². The average molecular weight is 216 g/mol. The molecule has 0 radical (unpaired) electrons. The van der Waals surface area contributed by atoms with Crippen LogP contribution in [0.4, 0.5) is 0 Å². The first-order chi connectivity index (χ1) is 7.93. The Morgan fingerprint density at radius 3 is 3.31 bits per heavy atom. The molecular weight excluding hydrogens is 200 g/mol. The van der Waals surface area contributed by atoms with Crippen molar-refractivity contribution in [3.63, 3.8) is 0 Å². The number of fused-ring (bicyclic) bond motifs is 1. The van der Waals surface area contributed by atoms with Crippen LogP contribution in [0, 0.1) is 5.92 Å². The summed E-state index contributed by atoms with van der Waals surface area (Å²) in [6, 6.07) is 1.96. The van der Waals surface area contributed by atoms with Crippen molar-refractivity contribution in [3.8, 4) is 0 Å². The first-order valence-electron chi connectivity index (χ1n) is 5.91. The number of nitrogens with one attached hydrogen (secondary N) is 1. The van der Waals surface area contributed by atoms with Gasteiger partial charge in [0.2, 0.25) is 5.78 Å². The summed E-state index contributed by atoms with van der Waals surface area (Å²) in [6.07, 6.45) is 9.49. The molecule has 3 heterocycles. The fourth-order valence-electron chi connectivity index (χ4n) is 2.42. The van der Waals surface area contributed by atoms with E-state index in [2.05, 4.69) is 19.7 Å². The summed E-state index contributed by atoms with van der Waals surface area (Å²) in [5.41, 5.74) is 1.27. The molecule has 1 atom stereocenters. The molecule has 0 aromatic carbocycles. The Bertz CT molecular complexity index is 471. The van der Waals surface area contributed by atoms with Crippen molar-refractivity contribution in [2.45, 2.75) is 19.3 Å². The van der Waals surface area contributed by atoms with Crippen molar-refractivity contribution in [2.24, 2.45) is 5.92 Å². The Hall–Kier alpha value is -1.42. The summed E-state index contributed by atoms with van der Waals surface area (Å²) < 4.78 is 2.09. The van der Waals surface area contributed by atoms with Crippen LogP contribution in [0.2, 0.25) is 0 Å². The van der Waals surface area contributed by atoms with Crippen molar-refractivity contribution < 1.29 is 0 Å². The van der Waals surface area contributed by atoms with Gasteiger partial charge in [0.1, 0.15) is 0 Å². The zero-order chi connectivity index (χ0) is 10.8. The Morgan fingerprint density at radius 2 is 2.44 bits per heavy atom. The average Bonchev–Trinajstić information content (AvgIpc) is 2.74. The predicted molar refractivity (Wildman–Crippen MR) is 62.3 cm³/mol. The molecule has 1 fully saturated rings. The number of hydrogen-bond acceptors (Lipinski definition) is 3. The Labute approximate surface area is 94.7 Å². The van der Waals surface area contributed by atoms with Crippen LogP contribution in [0.1, 0.15) is 18.5 Å². The van der Waals surface area contributed by atoms with E-state index < -0.39 is 0 Å². The molecule has 4 heteroatoms. The fraction of sp³-hybridized carbons (Fsp3) is 0.500. The van der Waals surface area contributed by atoms with Crippen LogP contribution >= 0.6 is 0 Å². The zero-order valence-electron chi connectivity index (χ0n) is 9.26. The molecule has 1 unspecified atom stereocenters. The number of piperidine rings is 1. The second kappa shape index (κ2) is 4.22. The number of rotatable bonds is 2. The molecule has 4 nitrogen and oxygen atoms in total. The summed E-state index contributed by atoms with van der Waals surface area (Å²) in [5, 5.41) is 3.45. The minimum atomic E-state index is 0.744. The van der Waals surface area contributed by atoms with Crippen molar-refractivity contribution in [1.29, 1.82) is 0 Å². The molecule has 1 saturated heterocycles. The quantitative estimate of drug-likeness (QED) is 0.822. The second-order valence-corrected chi connectivity index (χ2v) is 4.46. The summed E-state index contributed by atoms with van der Waals surface area (Å²) in [5.74, 6) is 1.55. The van der Waals surface area contributed by atoms with Crippen LogP contribution in [0.5, 0.6) is 0 Å². The maximum atomic E-state index is 4.32. The third-order valence-electron chi connectivity index (χ3n) is 3.26. The van der Waals surface area contributed by atoms with Crippen LogP contribution in [0.15, 0.2) is 24.7 Å². The third-order valence-corrected chi connectivity index (χ3v) is 3.26. The van der Waals surface area contributed by atoms with Crippen LogP contribution < -0.4 is 5.32 Å². The molecule has 0 amide bonds. The van der Waals surface area contributed by atoms with E-state index in [1.54, 1.807) is 6.20 Å². The molecule has 0 saturated carbocycles. The molecule has 2 aromatic rings. The first-order valence-corrected chi connectivity index (χ1v) is 5.91. The predicted octanol–water partition coefficient (Wildman–Crippen LogP) is 1.27. The van der Waals surface area contributed by atoms with Gasteiger partial charge >= 0.3 is 0 Å². The van der Waals surface area contributed by atoms with Gasteiger partial charge in [0.15, 0.2) is 0 Å². The maximum Gasteiger partial charge on any atom is 0.233 e. The lowest BCUT2D eigenvalue weighted by Gasteiger charge is -2.22. The van der Waals surface area contributed by atoms with E-state index in [9.17, 15) is 0 Å². The highest BCUT2D eigenvalue weighted by atomic mass is 15.1. The monoisotopic (exact) mass is 216 g/mol. The van der Waals surface area contributed by atoms with E-state index in [1.165, 1.54) is 25.1 Å². The van der Waals surface area contributed by atoms with E-state index in [0.29, 0.717) is 0 Å². The lowest BCUT2D eigenvalue weighted by atomic mass is 9.95. The molecule has 1 N–H and O–H groups in total. The van der Waals surface area contributed by atoms with Gasteiger partial charge in [-0.15, -0.1) is 0 Å². The van der Waals surface area contributed by atoms with Crippen molar-refractivity contribution in [3.05, 3.63) is 30.4 Å². The molecule has 0 spiro atoms. The van der Waals surface area contributed by atoms with E-state index in [-0.39, 0.29) is 0 Å². The number of aromatic nitrogens is 3. The van der Waals surface area contributed by atoms with Gasteiger partial charge in [-0.1, -0.05) is 0 Å². The van der Waals surface area contributed by atoms with Crippen LogP contribution in [-0.4, -0.2) is 27.5 Å². The van der Waals surface area contributed by atoms with Crippen LogP contribution in [0.3, 0.4) is 0 Å². The molecule has 1 aliphatic heterocycles. The minimum absolute atomic E-state index is 0.744. The molecule has 3 rings (SSSR count). The Kier molecular flexibility index (Phi) is 2.58. The zero-order valence-corrected chi connectivity index (χ0v) is 9.26. The lowest BCUT2D eigenvalue weighted by molar-refractivity contribution is 0.373. The highest BCUT2D eigenvalue weighted by Gasteiger charge is 2.15. The summed E-state index contributed by atoms with van der Waals surface area (Å²) >= 11 is 0. The molecule has 84 valence electrons. The SMILES string of the molecule is c1cnc2ncc(CC3CCCNC3)n2c1.